The van der Waals surface area contributed by atoms with Crippen molar-refractivity contribution in [2.45, 2.75) is 45.6 Å². The van der Waals surface area contributed by atoms with E-state index in [1.54, 1.807) is 6.20 Å². The number of nitrogens with one attached hydrogen (secondary N) is 1. The van der Waals surface area contributed by atoms with Gasteiger partial charge >= 0.3 is 5.56 Å². The van der Waals surface area contributed by atoms with Crippen molar-refractivity contribution in [3.63, 3.8) is 0 Å². The lowest BCUT2D eigenvalue weighted by molar-refractivity contribution is 0.0934. The van der Waals surface area contributed by atoms with E-state index < -0.39 is 0 Å². The fourth-order valence-electron chi connectivity index (χ4n) is 2.07. The summed E-state index contributed by atoms with van der Waals surface area (Å²) < 4.78 is 5.62. The predicted molar refractivity (Wildman–Crippen MR) is 61.5 cm³/mol. The van der Waals surface area contributed by atoms with Crippen molar-refractivity contribution in [2.24, 2.45) is 5.41 Å². The second kappa shape index (κ2) is 4.28. The molecule has 0 saturated heterocycles. The smallest absolute Gasteiger partial charge is 0.310 e. The third kappa shape index (κ3) is 2.62. The number of hydrogen-bond acceptors (Lipinski definition) is 3. The van der Waals surface area contributed by atoms with Gasteiger partial charge in [-0.3, -0.25) is 4.79 Å². The average molecular weight is 222 g/mol. The normalized spacial score (nSPS) is 20.6. The molecule has 2 rings (SSSR count). The van der Waals surface area contributed by atoms with Gasteiger partial charge in [-0.05, 0) is 31.1 Å². The van der Waals surface area contributed by atoms with Gasteiger partial charge in [-0.25, -0.2) is 4.98 Å². The Kier molecular flexibility index (Phi) is 2.99. The van der Waals surface area contributed by atoms with Crippen LogP contribution in [0.4, 0.5) is 0 Å². The fourth-order valence-corrected chi connectivity index (χ4v) is 2.07. The molecule has 0 radical (unpaired) electrons. The summed E-state index contributed by atoms with van der Waals surface area (Å²) in [4.78, 5) is 17.9. The van der Waals surface area contributed by atoms with E-state index in [0.717, 1.165) is 25.7 Å². The number of rotatable bonds is 2. The summed E-state index contributed by atoms with van der Waals surface area (Å²) >= 11 is 0. The highest BCUT2D eigenvalue weighted by Crippen LogP contribution is 2.35. The molecule has 4 nitrogen and oxygen atoms in total. The molecule has 0 bridgehead atoms. The Bertz CT molecular complexity index is 401. The van der Waals surface area contributed by atoms with Crippen LogP contribution in [0.15, 0.2) is 17.2 Å². The van der Waals surface area contributed by atoms with Gasteiger partial charge in [-0.2, -0.15) is 0 Å². The maximum Gasteiger partial charge on any atom is 0.310 e. The first-order chi connectivity index (χ1) is 7.57. The molecule has 1 aliphatic carbocycles. The number of aromatic nitrogens is 2. The first-order valence-electron chi connectivity index (χ1n) is 5.77. The second-order valence-electron chi connectivity index (χ2n) is 5.20. The standard InChI is InChI=1S/C12H18N2O2/c1-12(2)5-3-9(4-6-12)16-11-10(15)13-7-8-14-11/h7-9H,3-6H2,1-2H3,(H,13,15). The second-order valence-corrected chi connectivity index (χ2v) is 5.20. The van der Waals surface area contributed by atoms with Crippen molar-refractivity contribution in [2.75, 3.05) is 0 Å². The van der Waals surface area contributed by atoms with Gasteiger partial charge in [-0.1, -0.05) is 13.8 Å². The van der Waals surface area contributed by atoms with Gasteiger partial charge in [0.1, 0.15) is 6.10 Å². The van der Waals surface area contributed by atoms with Crippen molar-refractivity contribution in [3.05, 3.63) is 22.7 Å². The van der Waals surface area contributed by atoms with Crippen LogP contribution in [0.3, 0.4) is 0 Å². The number of H-pyrrole nitrogens is 1. The van der Waals surface area contributed by atoms with Crippen molar-refractivity contribution in [1.29, 1.82) is 0 Å². The van der Waals surface area contributed by atoms with E-state index in [2.05, 4.69) is 23.8 Å². The lowest BCUT2D eigenvalue weighted by Gasteiger charge is -2.33. The van der Waals surface area contributed by atoms with Crippen molar-refractivity contribution in [1.82, 2.24) is 9.97 Å². The molecule has 88 valence electrons. The van der Waals surface area contributed by atoms with E-state index in [1.165, 1.54) is 6.20 Å². The first-order valence-corrected chi connectivity index (χ1v) is 5.77. The maximum absolute atomic E-state index is 11.4. The number of aromatic amines is 1. The molecule has 0 spiro atoms. The molecule has 1 heterocycles. The lowest BCUT2D eigenvalue weighted by Crippen LogP contribution is -2.30. The van der Waals surface area contributed by atoms with E-state index >= 15 is 0 Å². The minimum Gasteiger partial charge on any atom is -0.470 e. The van der Waals surface area contributed by atoms with Crippen LogP contribution < -0.4 is 10.3 Å². The molecule has 0 unspecified atom stereocenters. The van der Waals surface area contributed by atoms with E-state index in [4.69, 9.17) is 4.74 Å². The SMILES string of the molecule is CC1(C)CCC(Oc2ncc[nH]c2=O)CC1. The first kappa shape index (κ1) is 11.2. The van der Waals surface area contributed by atoms with Gasteiger partial charge in [0.2, 0.25) is 0 Å². The van der Waals surface area contributed by atoms with Crippen molar-refractivity contribution in [3.8, 4) is 5.88 Å². The summed E-state index contributed by atoms with van der Waals surface area (Å²) in [5, 5.41) is 0. The molecule has 1 fully saturated rings. The number of ether oxygens (including phenoxy) is 1. The Morgan fingerprint density at radius 1 is 1.44 bits per heavy atom. The Labute approximate surface area is 95.1 Å². The highest BCUT2D eigenvalue weighted by Gasteiger charge is 2.28. The van der Waals surface area contributed by atoms with Crippen LogP contribution in [-0.4, -0.2) is 16.1 Å². The van der Waals surface area contributed by atoms with Gasteiger partial charge in [0, 0.05) is 12.4 Å². The molecule has 16 heavy (non-hydrogen) atoms. The lowest BCUT2D eigenvalue weighted by atomic mass is 9.76. The molecule has 1 saturated carbocycles. The maximum atomic E-state index is 11.4. The number of nitrogens with zero attached hydrogens (tertiary/aromatic N) is 1. The van der Waals surface area contributed by atoms with Crippen molar-refractivity contribution >= 4 is 0 Å². The summed E-state index contributed by atoms with van der Waals surface area (Å²) in [6, 6.07) is 0. The van der Waals surface area contributed by atoms with Crippen LogP contribution in [-0.2, 0) is 0 Å². The molecule has 1 aliphatic rings. The van der Waals surface area contributed by atoms with Gasteiger partial charge in [0.05, 0.1) is 0 Å². The van der Waals surface area contributed by atoms with Crippen LogP contribution in [0.2, 0.25) is 0 Å². The molecule has 0 aromatic carbocycles. The minimum absolute atomic E-state index is 0.143. The van der Waals surface area contributed by atoms with Crippen LogP contribution >= 0.6 is 0 Å². The Hall–Kier alpha value is -1.32. The average Bonchev–Trinajstić information content (AvgIpc) is 2.24. The van der Waals surface area contributed by atoms with E-state index in [9.17, 15) is 4.79 Å². The third-order valence-corrected chi connectivity index (χ3v) is 3.24. The quantitative estimate of drug-likeness (QED) is 0.833. The number of hydrogen-bond donors (Lipinski definition) is 1. The van der Waals surface area contributed by atoms with Crippen LogP contribution in [0.5, 0.6) is 5.88 Å². The molecule has 1 N–H and O–H groups in total. The molecule has 0 atom stereocenters. The summed E-state index contributed by atoms with van der Waals surface area (Å²) in [5.41, 5.74) is 0.170. The topological polar surface area (TPSA) is 55.0 Å². The molecule has 0 aliphatic heterocycles. The van der Waals surface area contributed by atoms with Gasteiger partial charge in [-0.15, -0.1) is 0 Å². The highest BCUT2D eigenvalue weighted by atomic mass is 16.5. The van der Waals surface area contributed by atoms with Gasteiger partial charge in [0.15, 0.2) is 0 Å². The van der Waals surface area contributed by atoms with Crippen LogP contribution in [0.25, 0.3) is 0 Å². The minimum atomic E-state index is -0.243. The van der Waals surface area contributed by atoms with Crippen LogP contribution in [0.1, 0.15) is 39.5 Å². The van der Waals surface area contributed by atoms with E-state index in [0.29, 0.717) is 5.41 Å². The monoisotopic (exact) mass is 222 g/mol. The Balaban J connectivity index is 1.97. The zero-order chi connectivity index (χ0) is 11.6. The Morgan fingerprint density at radius 2 is 2.12 bits per heavy atom. The predicted octanol–water partition coefficient (Wildman–Crippen LogP) is 2.12. The van der Waals surface area contributed by atoms with E-state index in [-0.39, 0.29) is 17.5 Å². The Morgan fingerprint density at radius 3 is 2.75 bits per heavy atom. The molecule has 1 aromatic heterocycles. The molecule has 0 amide bonds. The van der Waals surface area contributed by atoms with Crippen LogP contribution in [0, 0.1) is 5.41 Å². The summed E-state index contributed by atoms with van der Waals surface area (Å²) in [5.74, 6) is 0.201. The zero-order valence-electron chi connectivity index (χ0n) is 9.82. The summed E-state index contributed by atoms with van der Waals surface area (Å²) in [6.45, 7) is 4.55. The van der Waals surface area contributed by atoms with Gasteiger partial charge < -0.3 is 9.72 Å². The third-order valence-electron chi connectivity index (χ3n) is 3.24. The molecule has 4 heteroatoms. The summed E-state index contributed by atoms with van der Waals surface area (Å²) in [7, 11) is 0. The zero-order valence-corrected chi connectivity index (χ0v) is 9.82. The van der Waals surface area contributed by atoms with E-state index in [1.807, 2.05) is 0 Å². The molecule has 1 aromatic rings. The molecular weight excluding hydrogens is 204 g/mol. The van der Waals surface area contributed by atoms with Crippen molar-refractivity contribution < 1.29 is 4.74 Å². The van der Waals surface area contributed by atoms with Gasteiger partial charge in [0.25, 0.3) is 5.88 Å². The summed E-state index contributed by atoms with van der Waals surface area (Å²) in [6.07, 6.45) is 7.49. The highest BCUT2D eigenvalue weighted by molar-refractivity contribution is 5.03. The molecular formula is C12H18N2O2. The largest absolute Gasteiger partial charge is 0.470 e. The fraction of sp³-hybridized carbons (Fsp3) is 0.667.